The lowest BCUT2D eigenvalue weighted by molar-refractivity contribution is -0.132. The summed E-state index contributed by atoms with van der Waals surface area (Å²) < 4.78 is 5.14. The van der Waals surface area contributed by atoms with Gasteiger partial charge in [-0.05, 0) is 18.8 Å². The number of carbonyl (C=O) groups excluding carboxylic acids is 1. The molecule has 22 heavy (non-hydrogen) atoms. The van der Waals surface area contributed by atoms with E-state index in [4.69, 9.17) is 4.74 Å². The molecular formula is C16H24N4O2. The number of hydrogen-bond donors (Lipinski definition) is 0. The van der Waals surface area contributed by atoms with Crippen LogP contribution in [0.4, 0.5) is 5.95 Å². The van der Waals surface area contributed by atoms with Crippen molar-refractivity contribution >= 4 is 11.9 Å². The minimum absolute atomic E-state index is 0.318. The van der Waals surface area contributed by atoms with Crippen molar-refractivity contribution in [2.24, 2.45) is 5.92 Å². The van der Waals surface area contributed by atoms with Crippen molar-refractivity contribution in [3.05, 3.63) is 12.3 Å². The molecule has 6 heteroatoms. The second-order valence-corrected chi connectivity index (χ2v) is 6.12. The molecule has 2 fully saturated rings. The van der Waals surface area contributed by atoms with Gasteiger partial charge in [-0.1, -0.05) is 12.8 Å². The van der Waals surface area contributed by atoms with E-state index in [1.807, 2.05) is 4.90 Å². The third-order valence-electron chi connectivity index (χ3n) is 4.68. The van der Waals surface area contributed by atoms with Crippen LogP contribution >= 0.6 is 0 Å². The molecule has 2 aliphatic rings. The number of amides is 1. The molecule has 1 saturated carbocycles. The minimum Gasteiger partial charge on any atom is -0.481 e. The summed E-state index contributed by atoms with van der Waals surface area (Å²) in [6.07, 6.45) is 7.47. The lowest BCUT2D eigenvalue weighted by Crippen LogP contribution is -2.49. The van der Waals surface area contributed by atoms with Crippen LogP contribution in [0.1, 0.15) is 32.1 Å². The van der Waals surface area contributed by atoms with Crippen molar-refractivity contribution in [2.75, 3.05) is 38.2 Å². The van der Waals surface area contributed by atoms with E-state index in [0.717, 1.165) is 32.6 Å². The number of piperazine rings is 1. The van der Waals surface area contributed by atoms with E-state index in [1.54, 1.807) is 19.4 Å². The van der Waals surface area contributed by atoms with Gasteiger partial charge in [0.25, 0.3) is 0 Å². The van der Waals surface area contributed by atoms with Gasteiger partial charge < -0.3 is 14.5 Å². The van der Waals surface area contributed by atoms with E-state index in [1.165, 1.54) is 25.7 Å². The zero-order valence-corrected chi connectivity index (χ0v) is 13.2. The van der Waals surface area contributed by atoms with Crippen molar-refractivity contribution < 1.29 is 9.53 Å². The second kappa shape index (κ2) is 6.94. The van der Waals surface area contributed by atoms with E-state index in [0.29, 0.717) is 23.7 Å². The number of nitrogens with zero attached hydrogens (tertiary/aromatic N) is 4. The molecule has 0 atom stereocenters. The molecule has 1 aliphatic carbocycles. The molecule has 0 bridgehead atoms. The van der Waals surface area contributed by atoms with Gasteiger partial charge in [-0.3, -0.25) is 4.79 Å². The predicted molar refractivity (Wildman–Crippen MR) is 84.0 cm³/mol. The van der Waals surface area contributed by atoms with Crippen LogP contribution in [0.15, 0.2) is 12.3 Å². The quantitative estimate of drug-likeness (QED) is 0.847. The average Bonchev–Trinajstić information content (AvgIpc) is 3.08. The largest absolute Gasteiger partial charge is 0.481 e. The first-order valence-electron chi connectivity index (χ1n) is 8.16. The normalized spacial score (nSPS) is 19.5. The minimum atomic E-state index is 0.318. The fourth-order valence-electron chi connectivity index (χ4n) is 3.34. The molecule has 0 aromatic carbocycles. The highest BCUT2D eigenvalue weighted by Gasteiger charge is 2.25. The van der Waals surface area contributed by atoms with Crippen LogP contribution in [0.2, 0.25) is 0 Å². The first-order valence-corrected chi connectivity index (χ1v) is 8.16. The molecule has 1 saturated heterocycles. The summed E-state index contributed by atoms with van der Waals surface area (Å²) in [6.45, 7) is 3.07. The highest BCUT2D eigenvalue weighted by molar-refractivity contribution is 5.76. The van der Waals surface area contributed by atoms with Gasteiger partial charge in [0.2, 0.25) is 17.7 Å². The van der Waals surface area contributed by atoms with Crippen LogP contribution in [-0.4, -0.2) is 54.1 Å². The fraction of sp³-hybridized carbons (Fsp3) is 0.688. The second-order valence-electron chi connectivity index (χ2n) is 6.12. The van der Waals surface area contributed by atoms with Crippen molar-refractivity contribution in [3.63, 3.8) is 0 Å². The smallest absolute Gasteiger partial charge is 0.228 e. The molecule has 0 unspecified atom stereocenters. The maximum Gasteiger partial charge on any atom is 0.228 e. The summed E-state index contributed by atoms with van der Waals surface area (Å²) in [5.74, 6) is 2.19. The number of methoxy groups -OCH3 is 1. The Hall–Kier alpha value is -1.85. The van der Waals surface area contributed by atoms with Crippen molar-refractivity contribution in [2.45, 2.75) is 32.1 Å². The van der Waals surface area contributed by atoms with E-state index in [2.05, 4.69) is 14.9 Å². The first-order chi connectivity index (χ1) is 10.8. The van der Waals surface area contributed by atoms with E-state index < -0.39 is 0 Å². The highest BCUT2D eigenvalue weighted by atomic mass is 16.5. The summed E-state index contributed by atoms with van der Waals surface area (Å²) in [6, 6.07) is 1.74. The Balaban J connectivity index is 1.52. The molecule has 2 heterocycles. The number of aromatic nitrogens is 2. The van der Waals surface area contributed by atoms with E-state index >= 15 is 0 Å². The van der Waals surface area contributed by atoms with Gasteiger partial charge in [-0.2, -0.15) is 4.98 Å². The van der Waals surface area contributed by atoms with E-state index in [-0.39, 0.29) is 0 Å². The van der Waals surface area contributed by atoms with Crippen molar-refractivity contribution in [1.29, 1.82) is 0 Å². The SMILES string of the molecule is COc1ccnc(N2CCN(C(=O)CC3CCCC3)CC2)n1. The van der Waals surface area contributed by atoms with Gasteiger partial charge >= 0.3 is 0 Å². The van der Waals surface area contributed by atoms with Gasteiger partial charge in [-0.25, -0.2) is 4.98 Å². The number of carbonyl (C=O) groups is 1. The first kappa shape index (κ1) is 15.1. The Morgan fingerprint density at radius 3 is 2.68 bits per heavy atom. The Morgan fingerprint density at radius 2 is 2.00 bits per heavy atom. The Kier molecular flexibility index (Phi) is 4.75. The molecule has 1 aromatic heterocycles. The molecular weight excluding hydrogens is 280 g/mol. The molecule has 1 aliphatic heterocycles. The number of rotatable bonds is 4. The molecule has 0 N–H and O–H groups in total. The van der Waals surface area contributed by atoms with Gasteiger partial charge in [0, 0.05) is 44.9 Å². The molecule has 0 radical (unpaired) electrons. The topological polar surface area (TPSA) is 58.6 Å². The Labute approximate surface area is 131 Å². The third-order valence-corrected chi connectivity index (χ3v) is 4.68. The van der Waals surface area contributed by atoms with Crippen LogP contribution in [0.25, 0.3) is 0 Å². The maximum absolute atomic E-state index is 12.4. The summed E-state index contributed by atoms with van der Waals surface area (Å²) in [4.78, 5) is 25.1. The van der Waals surface area contributed by atoms with Crippen LogP contribution in [0.3, 0.4) is 0 Å². The summed E-state index contributed by atoms with van der Waals surface area (Å²) >= 11 is 0. The predicted octanol–water partition coefficient (Wildman–Crippen LogP) is 1.71. The third kappa shape index (κ3) is 3.48. The zero-order valence-electron chi connectivity index (χ0n) is 13.2. The summed E-state index contributed by atoms with van der Waals surface area (Å²) in [7, 11) is 1.60. The lowest BCUT2D eigenvalue weighted by atomic mass is 10.0. The molecule has 1 aromatic rings. The number of hydrogen-bond acceptors (Lipinski definition) is 5. The zero-order chi connectivity index (χ0) is 15.4. The van der Waals surface area contributed by atoms with Crippen molar-refractivity contribution in [1.82, 2.24) is 14.9 Å². The molecule has 0 spiro atoms. The van der Waals surface area contributed by atoms with Crippen LogP contribution < -0.4 is 9.64 Å². The maximum atomic E-state index is 12.4. The number of anilines is 1. The van der Waals surface area contributed by atoms with Crippen molar-refractivity contribution in [3.8, 4) is 5.88 Å². The van der Waals surface area contributed by atoms with Gasteiger partial charge in [0.15, 0.2) is 0 Å². The summed E-state index contributed by atoms with van der Waals surface area (Å²) in [5.41, 5.74) is 0. The lowest BCUT2D eigenvalue weighted by Gasteiger charge is -2.35. The monoisotopic (exact) mass is 304 g/mol. The Morgan fingerprint density at radius 1 is 1.27 bits per heavy atom. The van der Waals surface area contributed by atoms with Gasteiger partial charge in [0.05, 0.1) is 7.11 Å². The molecule has 1 amide bonds. The highest BCUT2D eigenvalue weighted by Crippen LogP contribution is 2.28. The standard InChI is InChI=1S/C16H24N4O2/c1-22-14-6-7-17-16(18-14)20-10-8-19(9-11-20)15(21)12-13-4-2-3-5-13/h6-7,13H,2-5,8-12H2,1H3. The average molecular weight is 304 g/mol. The van der Waals surface area contributed by atoms with Gasteiger partial charge in [-0.15, -0.1) is 0 Å². The fourth-order valence-corrected chi connectivity index (χ4v) is 3.34. The van der Waals surface area contributed by atoms with E-state index in [9.17, 15) is 4.79 Å². The van der Waals surface area contributed by atoms with Crippen LogP contribution in [0, 0.1) is 5.92 Å². The molecule has 3 rings (SSSR count). The Bertz CT molecular complexity index is 509. The van der Waals surface area contributed by atoms with Crippen LogP contribution in [0.5, 0.6) is 5.88 Å². The number of ether oxygens (including phenoxy) is 1. The summed E-state index contributed by atoms with van der Waals surface area (Å²) in [5, 5.41) is 0. The molecule has 6 nitrogen and oxygen atoms in total. The molecule has 120 valence electrons. The van der Waals surface area contributed by atoms with Crippen LogP contribution in [-0.2, 0) is 4.79 Å². The van der Waals surface area contributed by atoms with Gasteiger partial charge in [0.1, 0.15) is 0 Å².